The molecule has 0 bridgehead atoms. The third kappa shape index (κ3) is 3.44. The van der Waals surface area contributed by atoms with Gasteiger partial charge in [-0.1, -0.05) is 18.2 Å². The quantitative estimate of drug-likeness (QED) is 0.706. The third-order valence-electron chi connectivity index (χ3n) is 6.24. The number of halogens is 1. The van der Waals surface area contributed by atoms with Gasteiger partial charge in [0.25, 0.3) is 5.91 Å². The number of nitrogens with zero attached hydrogens (tertiary/aromatic N) is 6. The van der Waals surface area contributed by atoms with E-state index in [0.29, 0.717) is 19.1 Å². The fraction of sp³-hybridized carbons (Fsp3) is 0.455. The first-order valence-electron chi connectivity index (χ1n) is 10.4. The molecule has 0 N–H and O–H groups in total. The van der Waals surface area contributed by atoms with Crippen LogP contribution in [0.15, 0.2) is 29.3 Å². The molecule has 2 aliphatic rings. The van der Waals surface area contributed by atoms with E-state index < -0.39 is 30.0 Å². The van der Waals surface area contributed by atoms with Crippen LogP contribution in [-0.4, -0.2) is 81.9 Å². The minimum absolute atomic E-state index is 0.148. The molecule has 3 amide bonds. The smallest absolute Gasteiger partial charge is 0.328 e. The van der Waals surface area contributed by atoms with Crippen molar-refractivity contribution in [3.05, 3.63) is 52.6 Å². The minimum atomic E-state index is -0.751. The van der Waals surface area contributed by atoms with Crippen LogP contribution >= 0.6 is 0 Å². The summed E-state index contributed by atoms with van der Waals surface area (Å²) in [6, 6.07) is 4.87. The number of hydrogen-bond donors (Lipinski definition) is 0. The maximum atomic E-state index is 14.3. The molecule has 0 saturated carbocycles. The second-order valence-electron chi connectivity index (χ2n) is 8.09. The summed E-state index contributed by atoms with van der Waals surface area (Å²) in [6.45, 7) is 6.43. The second-order valence-corrected chi connectivity index (χ2v) is 8.09. The van der Waals surface area contributed by atoms with E-state index >= 15 is 0 Å². The van der Waals surface area contributed by atoms with Gasteiger partial charge < -0.3 is 14.5 Å². The monoisotopic (exact) mass is 442 g/mol. The molecule has 2 aliphatic heterocycles. The highest BCUT2D eigenvalue weighted by atomic mass is 19.1. The van der Waals surface area contributed by atoms with Crippen molar-refractivity contribution in [1.82, 2.24) is 24.5 Å². The van der Waals surface area contributed by atoms with E-state index in [1.165, 1.54) is 11.0 Å². The first-order valence-corrected chi connectivity index (χ1v) is 10.4. The Morgan fingerprint density at radius 1 is 1.16 bits per heavy atom. The lowest BCUT2D eigenvalue weighted by molar-refractivity contribution is -0.138. The maximum Gasteiger partial charge on any atom is 0.328 e. The van der Waals surface area contributed by atoms with Crippen molar-refractivity contribution >= 4 is 17.9 Å². The molecule has 0 aliphatic carbocycles. The molecule has 1 aromatic carbocycles. The predicted molar refractivity (Wildman–Crippen MR) is 116 cm³/mol. The molecule has 1 saturated heterocycles. The highest BCUT2D eigenvalue weighted by Gasteiger charge is 2.52. The number of carbonyl (C=O) groups excluding carboxylic acids is 2. The third-order valence-corrected chi connectivity index (χ3v) is 6.24. The maximum absolute atomic E-state index is 14.3. The molecule has 32 heavy (non-hydrogen) atoms. The summed E-state index contributed by atoms with van der Waals surface area (Å²) in [6.07, 6.45) is -0.706. The molecule has 2 unspecified atom stereocenters. The number of ether oxygens (including phenoxy) is 1. The van der Waals surface area contributed by atoms with Crippen LogP contribution in [0.3, 0.4) is 0 Å². The van der Waals surface area contributed by atoms with Crippen LogP contribution < -0.4 is 0 Å². The number of rotatable bonds is 5. The van der Waals surface area contributed by atoms with E-state index in [2.05, 4.69) is 5.10 Å². The molecule has 4 rings (SSSR count). The van der Waals surface area contributed by atoms with Crippen molar-refractivity contribution in [3.8, 4) is 0 Å². The van der Waals surface area contributed by atoms with Crippen molar-refractivity contribution in [2.24, 2.45) is 4.99 Å². The number of amides is 3. The normalized spacial score (nSPS) is 20.8. The number of likely N-dealkylation sites (N-methyl/N-ethyl adjacent to an activating group) is 1. The van der Waals surface area contributed by atoms with E-state index in [1.54, 1.807) is 37.0 Å². The van der Waals surface area contributed by atoms with Gasteiger partial charge in [0.2, 0.25) is 5.96 Å². The second kappa shape index (κ2) is 8.34. The molecule has 2 atom stereocenters. The van der Waals surface area contributed by atoms with Gasteiger partial charge in [-0.05, 0) is 32.4 Å². The van der Waals surface area contributed by atoms with Crippen molar-refractivity contribution in [1.29, 1.82) is 0 Å². The van der Waals surface area contributed by atoms with Gasteiger partial charge in [0.1, 0.15) is 5.82 Å². The molecule has 170 valence electrons. The molecule has 0 radical (unpaired) electrons. The summed E-state index contributed by atoms with van der Waals surface area (Å²) in [7, 11) is 3.19. The minimum Gasteiger partial charge on any atom is -0.383 e. The first kappa shape index (κ1) is 21.9. The predicted octanol–water partition coefficient (Wildman–Crippen LogP) is 1.90. The molecule has 10 heteroatoms. The van der Waals surface area contributed by atoms with E-state index in [4.69, 9.17) is 9.73 Å². The Morgan fingerprint density at radius 2 is 1.88 bits per heavy atom. The Labute approximate surface area is 186 Å². The largest absolute Gasteiger partial charge is 0.383 e. The van der Waals surface area contributed by atoms with Gasteiger partial charge in [0.05, 0.1) is 18.8 Å². The zero-order chi connectivity index (χ0) is 23.2. The van der Waals surface area contributed by atoms with E-state index in [1.807, 2.05) is 25.7 Å². The van der Waals surface area contributed by atoms with E-state index in [0.717, 1.165) is 21.9 Å². The number of hydrogen-bond acceptors (Lipinski definition) is 6. The number of urea groups is 1. The van der Waals surface area contributed by atoms with Crippen LogP contribution in [0, 0.1) is 26.6 Å². The summed E-state index contributed by atoms with van der Waals surface area (Å²) < 4.78 is 21.2. The first-order chi connectivity index (χ1) is 15.3. The Balaban J connectivity index is 1.73. The number of aryl methyl sites for hydroxylation is 1. The van der Waals surface area contributed by atoms with Gasteiger partial charge in [-0.2, -0.15) is 5.10 Å². The van der Waals surface area contributed by atoms with Gasteiger partial charge in [-0.15, -0.1) is 0 Å². The van der Waals surface area contributed by atoms with Crippen LogP contribution in [-0.2, 0) is 16.1 Å². The zero-order valence-electron chi connectivity index (χ0n) is 18.9. The van der Waals surface area contributed by atoms with Gasteiger partial charge in [0.15, 0.2) is 12.2 Å². The Hall–Kier alpha value is -3.27. The topological polar surface area (TPSA) is 83.3 Å². The highest BCUT2D eigenvalue weighted by Crippen LogP contribution is 2.30. The van der Waals surface area contributed by atoms with Crippen LogP contribution in [0.25, 0.3) is 0 Å². The molecular formula is C22H27FN6O3. The van der Waals surface area contributed by atoms with E-state index in [-0.39, 0.29) is 12.1 Å². The molecule has 2 aromatic rings. The van der Waals surface area contributed by atoms with Gasteiger partial charge in [-0.3, -0.25) is 9.69 Å². The number of methoxy groups -OCH3 is 1. The lowest BCUT2D eigenvalue weighted by Crippen LogP contribution is -2.65. The van der Waals surface area contributed by atoms with Crippen molar-refractivity contribution < 1.29 is 18.7 Å². The zero-order valence-corrected chi connectivity index (χ0v) is 18.9. The van der Waals surface area contributed by atoms with Crippen LogP contribution in [0.1, 0.15) is 22.5 Å². The number of benzene rings is 1. The highest BCUT2D eigenvalue weighted by molar-refractivity contribution is 6.04. The fourth-order valence-electron chi connectivity index (χ4n) is 4.13. The van der Waals surface area contributed by atoms with Gasteiger partial charge in [-0.25, -0.2) is 18.9 Å². The summed E-state index contributed by atoms with van der Waals surface area (Å²) in [5, 5.41) is 4.60. The standard InChI is InChI=1S/C22H27FN6O3/c1-13-14(2)25-29(15(13)3)21-24-19-18(27(21)10-11-32-5)20(30)28(22(31)26(19)4)12-16-8-6-7-9-17(16)23/h6-9,18-19H,10-12H2,1-5H3. The molecule has 0 spiro atoms. The Morgan fingerprint density at radius 3 is 2.50 bits per heavy atom. The Bertz CT molecular complexity index is 1100. The van der Waals surface area contributed by atoms with Gasteiger partial charge >= 0.3 is 6.03 Å². The van der Waals surface area contributed by atoms with Crippen molar-refractivity contribution in [2.75, 3.05) is 27.3 Å². The van der Waals surface area contributed by atoms with Gasteiger partial charge in [0, 0.05) is 32.0 Å². The number of carbonyl (C=O) groups is 2. The Kier molecular flexibility index (Phi) is 5.72. The van der Waals surface area contributed by atoms with Crippen LogP contribution in [0.4, 0.5) is 9.18 Å². The molecule has 3 heterocycles. The molecule has 1 aromatic heterocycles. The summed E-state index contributed by atoms with van der Waals surface area (Å²) in [4.78, 5) is 35.7. The average Bonchev–Trinajstić information content (AvgIpc) is 3.27. The summed E-state index contributed by atoms with van der Waals surface area (Å²) in [5.41, 5.74) is 3.08. The SMILES string of the molecule is COCCN1C(n2nc(C)c(C)c2C)=NC2C1C(=O)N(Cc1ccccc1F)C(=O)N2C. The lowest BCUT2D eigenvalue weighted by atomic mass is 10.1. The average molecular weight is 442 g/mol. The number of aliphatic imine (C=N–C) groups is 1. The summed E-state index contributed by atoms with van der Waals surface area (Å²) in [5.74, 6) is -0.392. The van der Waals surface area contributed by atoms with Crippen molar-refractivity contribution in [2.45, 2.75) is 39.5 Å². The molecule has 1 fully saturated rings. The van der Waals surface area contributed by atoms with Crippen LogP contribution in [0.5, 0.6) is 0 Å². The number of imide groups is 1. The fourth-order valence-corrected chi connectivity index (χ4v) is 4.13. The van der Waals surface area contributed by atoms with Crippen LogP contribution in [0.2, 0.25) is 0 Å². The number of fused-ring (bicyclic) bond motifs is 1. The number of aromatic nitrogens is 2. The van der Waals surface area contributed by atoms with E-state index in [9.17, 15) is 14.0 Å². The van der Waals surface area contributed by atoms with Crippen molar-refractivity contribution in [3.63, 3.8) is 0 Å². The summed E-state index contributed by atoms with van der Waals surface area (Å²) >= 11 is 0. The molecular weight excluding hydrogens is 415 g/mol. The molecule has 9 nitrogen and oxygen atoms in total. The lowest BCUT2D eigenvalue weighted by Gasteiger charge is -2.41.